The van der Waals surface area contributed by atoms with Gasteiger partial charge < -0.3 is 25.0 Å². The van der Waals surface area contributed by atoms with E-state index in [4.69, 9.17) is 14.7 Å². The Hall–Kier alpha value is -3.91. The largest absolute Gasteiger partial charge is 0.496 e. The summed E-state index contributed by atoms with van der Waals surface area (Å²) in [6.07, 6.45) is 5.98. The molecule has 1 amide bonds. The number of ether oxygens (including phenoxy) is 2. The van der Waals surface area contributed by atoms with Crippen LogP contribution in [0, 0.1) is 17.4 Å². The van der Waals surface area contributed by atoms with Gasteiger partial charge in [0.1, 0.15) is 17.1 Å². The zero-order valence-electron chi connectivity index (χ0n) is 20.7. The maximum atomic E-state index is 13.2. The Kier molecular flexibility index (Phi) is 10.3. The second-order valence-electron chi connectivity index (χ2n) is 8.21. The molecule has 0 unspecified atom stereocenters. The van der Waals surface area contributed by atoms with Crippen LogP contribution in [0.1, 0.15) is 29.6 Å². The molecular formula is C25H32FN7O3. The Morgan fingerprint density at radius 1 is 1.14 bits per heavy atom. The number of rotatable bonds is 10. The minimum Gasteiger partial charge on any atom is -0.496 e. The first kappa shape index (κ1) is 26.7. The number of hydrogen-bond donors (Lipinski definition) is 2. The van der Waals surface area contributed by atoms with Crippen molar-refractivity contribution in [1.82, 2.24) is 20.1 Å². The third-order valence-electron chi connectivity index (χ3n) is 5.90. The number of anilines is 1. The van der Waals surface area contributed by atoms with E-state index in [0.29, 0.717) is 42.4 Å². The van der Waals surface area contributed by atoms with E-state index >= 15 is 0 Å². The van der Waals surface area contributed by atoms with E-state index in [9.17, 15) is 9.18 Å². The van der Waals surface area contributed by atoms with E-state index in [-0.39, 0.29) is 11.9 Å². The standard InChI is InChI=1S/C25H32FN7O3/c1-35-20-7-6-8-21(36-2)23(20)24(34)33-15-13-32(14-16-33)12-5-3-4-10-29-25(30-18-27)31-19-9-11-28-22(26)17-19/h6-9,11,17H,3-5,10,12-16H2,1-2H3,(H2,28,29,30,31). The molecular weight excluding hydrogens is 465 g/mol. The van der Waals surface area contributed by atoms with E-state index < -0.39 is 5.95 Å². The molecule has 0 aliphatic carbocycles. The summed E-state index contributed by atoms with van der Waals surface area (Å²) < 4.78 is 24.0. The van der Waals surface area contributed by atoms with Crippen LogP contribution in [0.15, 0.2) is 41.5 Å². The lowest BCUT2D eigenvalue weighted by molar-refractivity contribution is 0.0628. The highest BCUT2D eigenvalue weighted by Gasteiger charge is 2.26. The highest BCUT2D eigenvalue weighted by molar-refractivity contribution is 5.99. The molecule has 2 heterocycles. The molecule has 2 N–H and O–H groups in total. The maximum Gasteiger partial charge on any atom is 0.261 e. The number of benzene rings is 1. The zero-order chi connectivity index (χ0) is 25.8. The molecule has 2 aromatic rings. The van der Waals surface area contributed by atoms with E-state index in [1.807, 2.05) is 4.90 Å². The number of nitriles is 1. The number of hydrogen-bond acceptors (Lipinski definition) is 7. The highest BCUT2D eigenvalue weighted by atomic mass is 19.1. The molecule has 0 spiro atoms. The van der Waals surface area contributed by atoms with Crippen LogP contribution in [0.2, 0.25) is 0 Å². The number of nitrogens with zero attached hydrogens (tertiary/aromatic N) is 5. The molecule has 1 aromatic heterocycles. The predicted molar refractivity (Wildman–Crippen MR) is 135 cm³/mol. The molecule has 1 aliphatic heterocycles. The molecule has 1 fully saturated rings. The van der Waals surface area contributed by atoms with Gasteiger partial charge in [0.25, 0.3) is 5.91 Å². The van der Waals surface area contributed by atoms with Crippen molar-refractivity contribution in [2.75, 3.05) is 58.8 Å². The van der Waals surface area contributed by atoms with Gasteiger partial charge in [-0.25, -0.2) is 4.98 Å². The molecule has 3 rings (SSSR count). The number of nitrogens with one attached hydrogen (secondary N) is 2. The van der Waals surface area contributed by atoms with Gasteiger partial charge in [-0.3, -0.25) is 9.69 Å². The topological polar surface area (TPSA) is 115 Å². The van der Waals surface area contributed by atoms with Crippen molar-refractivity contribution < 1.29 is 18.7 Å². The minimum atomic E-state index is -0.610. The van der Waals surface area contributed by atoms with Gasteiger partial charge in [-0.2, -0.15) is 9.65 Å². The molecule has 0 bridgehead atoms. The first-order chi connectivity index (χ1) is 17.5. The first-order valence-corrected chi connectivity index (χ1v) is 11.9. The molecule has 1 saturated heterocycles. The molecule has 192 valence electrons. The molecule has 10 nitrogen and oxygen atoms in total. The normalized spacial score (nSPS) is 14.2. The minimum absolute atomic E-state index is 0.0759. The van der Waals surface area contributed by atoms with Crippen molar-refractivity contribution in [1.29, 1.82) is 5.26 Å². The summed E-state index contributed by atoms with van der Waals surface area (Å²) in [7, 11) is 3.10. The van der Waals surface area contributed by atoms with Gasteiger partial charge in [-0.1, -0.05) is 12.5 Å². The third kappa shape index (κ3) is 7.55. The van der Waals surface area contributed by atoms with Gasteiger partial charge in [-0.15, -0.1) is 4.99 Å². The summed E-state index contributed by atoms with van der Waals surface area (Å²) in [6.45, 7) is 4.51. The average molecular weight is 498 g/mol. The van der Waals surface area contributed by atoms with Gasteiger partial charge >= 0.3 is 0 Å². The van der Waals surface area contributed by atoms with Crippen molar-refractivity contribution in [3.05, 3.63) is 48.0 Å². The number of pyridine rings is 1. The summed E-state index contributed by atoms with van der Waals surface area (Å²) >= 11 is 0. The van der Waals surface area contributed by atoms with Gasteiger partial charge in [0.15, 0.2) is 0 Å². The lowest BCUT2D eigenvalue weighted by Gasteiger charge is -2.35. The Balaban J connectivity index is 1.36. The second-order valence-corrected chi connectivity index (χ2v) is 8.21. The molecule has 0 radical (unpaired) electrons. The van der Waals surface area contributed by atoms with Crippen molar-refractivity contribution >= 4 is 17.6 Å². The lowest BCUT2D eigenvalue weighted by atomic mass is 10.1. The summed E-state index contributed by atoms with van der Waals surface area (Å²) in [4.78, 5) is 24.5. The first-order valence-electron chi connectivity index (χ1n) is 11.9. The number of methoxy groups -OCH3 is 2. The summed E-state index contributed by atoms with van der Waals surface area (Å²) in [5.41, 5.74) is 0.928. The Morgan fingerprint density at radius 2 is 1.86 bits per heavy atom. The van der Waals surface area contributed by atoms with Crippen molar-refractivity contribution in [3.8, 4) is 17.7 Å². The number of aliphatic imine (C=N–C) groups is 1. The number of amides is 1. The predicted octanol–water partition coefficient (Wildman–Crippen LogP) is 2.70. The fourth-order valence-electron chi connectivity index (χ4n) is 4.02. The third-order valence-corrected chi connectivity index (χ3v) is 5.90. The molecule has 1 aromatic carbocycles. The number of aromatic nitrogens is 1. The number of piperazine rings is 1. The highest BCUT2D eigenvalue weighted by Crippen LogP contribution is 2.29. The van der Waals surface area contributed by atoms with Crippen LogP contribution in [0.3, 0.4) is 0 Å². The molecule has 1 aliphatic rings. The van der Waals surface area contributed by atoms with E-state index in [1.165, 1.54) is 12.3 Å². The maximum absolute atomic E-state index is 13.2. The smallest absolute Gasteiger partial charge is 0.261 e. The second kappa shape index (κ2) is 13.8. The van der Waals surface area contributed by atoms with E-state index in [1.54, 1.807) is 44.7 Å². The zero-order valence-corrected chi connectivity index (χ0v) is 20.7. The number of guanidine groups is 1. The molecule has 0 atom stereocenters. The summed E-state index contributed by atoms with van der Waals surface area (Å²) in [5, 5.41) is 14.8. The Labute approximate surface area is 210 Å². The molecule has 0 saturated carbocycles. The average Bonchev–Trinajstić information content (AvgIpc) is 2.90. The number of carbonyl (C=O) groups excluding carboxylic acids is 1. The van der Waals surface area contributed by atoms with Crippen LogP contribution < -0.4 is 20.1 Å². The summed E-state index contributed by atoms with van der Waals surface area (Å²) in [5.74, 6) is 0.618. The van der Waals surface area contributed by atoms with Crippen molar-refractivity contribution in [2.24, 2.45) is 4.99 Å². The van der Waals surface area contributed by atoms with Crippen LogP contribution in [0.4, 0.5) is 10.1 Å². The number of carbonyl (C=O) groups is 1. The van der Waals surface area contributed by atoms with Gasteiger partial charge in [0, 0.05) is 50.7 Å². The fraction of sp³-hybridized carbons (Fsp3) is 0.440. The van der Waals surface area contributed by atoms with E-state index in [0.717, 1.165) is 38.9 Å². The molecule has 36 heavy (non-hydrogen) atoms. The Bertz CT molecular complexity index is 1060. The quantitative estimate of drug-likeness (QED) is 0.169. The van der Waals surface area contributed by atoms with Crippen molar-refractivity contribution in [3.63, 3.8) is 0 Å². The van der Waals surface area contributed by atoms with Gasteiger partial charge in [0.05, 0.1) is 14.2 Å². The van der Waals surface area contributed by atoms with Crippen molar-refractivity contribution in [2.45, 2.75) is 19.3 Å². The Morgan fingerprint density at radius 3 is 2.50 bits per heavy atom. The SMILES string of the molecule is COc1cccc(OC)c1C(=O)N1CCN(CCCCCNC(=NC#N)Nc2ccnc(F)c2)CC1. The lowest BCUT2D eigenvalue weighted by Crippen LogP contribution is -2.49. The fourth-order valence-corrected chi connectivity index (χ4v) is 4.02. The molecule has 11 heteroatoms. The van der Waals surface area contributed by atoms with Crippen LogP contribution in [-0.4, -0.2) is 80.1 Å². The number of unbranched alkanes of at least 4 members (excludes halogenated alkanes) is 2. The van der Waals surface area contributed by atoms with Gasteiger partial charge in [-0.05, 0) is 37.6 Å². The van der Waals surface area contributed by atoms with Crippen LogP contribution in [-0.2, 0) is 0 Å². The summed E-state index contributed by atoms with van der Waals surface area (Å²) in [6, 6.07) is 8.17. The van der Waals surface area contributed by atoms with Crippen LogP contribution in [0.5, 0.6) is 11.5 Å². The monoisotopic (exact) mass is 497 g/mol. The number of halogens is 1. The van der Waals surface area contributed by atoms with E-state index in [2.05, 4.69) is 25.5 Å². The van der Waals surface area contributed by atoms with Crippen LogP contribution >= 0.6 is 0 Å². The van der Waals surface area contributed by atoms with Crippen LogP contribution in [0.25, 0.3) is 0 Å². The van der Waals surface area contributed by atoms with Gasteiger partial charge in [0.2, 0.25) is 18.1 Å².